The molecule has 2 aromatic rings. The monoisotopic (exact) mass is 265 g/mol. The molecule has 1 heteroatoms. The Morgan fingerprint density at radius 2 is 1.75 bits per heavy atom. The lowest BCUT2D eigenvalue weighted by molar-refractivity contribution is 0.571. The van der Waals surface area contributed by atoms with Gasteiger partial charge in [-0.25, -0.2) is 0 Å². The van der Waals surface area contributed by atoms with Crippen LogP contribution < -0.4 is 5.32 Å². The predicted molar refractivity (Wildman–Crippen MR) is 86.5 cm³/mol. The van der Waals surface area contributed by atoms with Gasteiger partial charge < -0.3 is 5.32 Å². The standard InChI is InChI=1S/C19H23N/c1-14-7-5-8-15(2)19(14)20-13-17-11-6-10-16-9-3-4-12-18(16)17/h3-5,7-9,12,17,20H,6,10-11,13H2,1-2H3. The number of rotatable bonds is 3. The molecule has 2 aromatic carbocycles. The van der Waals surface area contributed by atoms with Crippen LogP contribution in [0.2, 0.25) is 0 Å². The zero-order valence-corrected chi connectivity index (χ0v) is 12.4. The van der Waals surface area contributed by atoms with Gasteiger partial charge in [0.15, 0.2) is 0 Å². The van der Waals surface area contributed by atoms with E-state index in [0.29, 0.717) is 5.92 Å². The van der Waals surface area contributed by atoms with Gasteiger partial charge in [0.05, 0.1) is 0 Å². The Morgan fingerprint density at radius 3 is 2.55 bits per heavy atom. The van der Waals surface area contributed by atoms with E-state index in [2.05, 4.69) is 61.6 Å². The summed E-state index contributed by atoms with van der Waals surface area (Å²) in [6.07, 6.45) is 3.86. The summed E-state index contributed by atoms with van der Waals surface area (Å²) in [4.78, 5) is 0. The molecule has 0 aliphatic heterocycles. The highest BCUT2D eigenvalue weighted by Gasteiger charge is 2.19. The molecule has 0 saturated heterocycles. The third-order valence-electron chi connectivity index (χ3n) is 4.50. The van der Waals surface area contributed by atoms with Crippen LogP contribution in [-0.2, 0) is 6.42 Å². The average Bonchev–Trinajstić information content (AvgIpc) is 2.47. The molecule has 0 heterocycles. The van der Waals surface area contributed by atoms with E-state index in [9.17, 15) is 0 Å². The molecule has 1 unspecified atom stereocenters. The Balaban J connectivity index is 1.77. The average molecular weight is 265 g/mol. The number of hydrogen-bond donors (Lipinski definition) is 1. The number of para-hydroxylation sites is 1. The quantitative estimate of drug-likeness (QED) is 0.837. The van der Waals surface area contributed by atoms with Gasteiger partial charge in [-0.1, -0.05) is 42.5 Å². The van der Waals surface area contributed by atoms with E-state index in [0.717, 1.165) is 6.54 Å². The summed E-state index contributed by atoms with van der Waals surface area (Å²) in [5.41, 5.74) is 7.10. The normalized spacial score (nSPS) is 17.6. The molecule has 1 nitrogen and oxygen atoms in total. The topological polar surface area (TPSA) is 12.0 Å². The van der Waals surface area contributed by atoms with Gasteiger partial charge in [0.1, 0.15) is 0 Å². The van der Waals surface area contributed by atoms with Crippen molar-refractivity contribution in [2.24, 2.45) is 0 Å². The van der Waals surface area contributed by atoms with Crippen molar-refractivity contribution in [2.45, 2.75) is 39.0 Å². The zero-order valence-electron chi connectivity index (χ0n) is 12.4. The highest BCUT2D eigenvalue weighted by molar-refractivity contribution is 5.57. The number of benzene rings is 2. The van der Waals surface area contributed by atoms with Crippen molar-refractivity contribution in [3.63, 3.8) is 0 Å². The SMILES string of the molecule is Cc1cccc(C)c1NCC1CCCc2ccccc21. The minimum atomic E-state index is 0.652. The Morgan fingerprint density at radius 1 is 1.00 bits per heavy atom. The fourth-order valence-corrected chi connectivity index (χ4v) is 3.39. The summed E-state index contributed by atoms with van der Waals surface area (Å²) in [6.45, 7) is 5.41. The number of aryl methyl sites for hydroxylation is 3. The summed E-state index contributed by atoms with van der Waals surface area (Å²) in [5.74, 6) is 0.652. The Kier molecular flexibility index (Phi) is 3.77. The number of fused-ring (bicyclic) bond motifs is 1. The van der Waals surface area contributed by atoms with Gasteiger partial charge in [0.25, 0.3) is 0 Å². The molecule has 0 amide bonds. The summed E-state index contributed by atoms with van der Waals surface area (Å²) in [7, 11) is 0. The molecule has 1 N–H and O–H groups in total. The molecule has 20 heavy (non-hydrogen) atoms. The van der Waals surface area contributed by atoms with E-state index in [1.165, 1.54) is 36.1 Å². The lowest BCUT2D eigenvalue weighted by Crippen LogP contribution is -2.18. The van der Waals surface area contributed by atoms with Gasteiger partial charge in [0.2, 0.25) is 0 Å². The van der Waals surface area contributed by atoms with E-state index >= 15 is 0 Å². The van der Waals surface area contributed by atoms with Crippen molar-refractivity contribution in [3.05, 3.63) is 64.7 Å². The van der Waals surface area contributed by atoms with Crippen molar-refractivity contribution < 1.29 is 0 Å². The minimum Gasteiger partial charge on any atom is -0.384 e. The third kappa shape index (κ3) is 2.58. The second-order valence-electron chi connectivity index (χ2n) is 5.94. The first-order chi connectivity index (χ1) is 9.75. The Hall–Kier alpha value is -1.76. The van der Waals surface area contributed by atoms with Crippen LogP contribution in [0.1, 0.15) is 41.0 Å². The molecular formula is C19H23N. The van der Waals surface area contributed by atoms with Crippen LogP contribution in [0.5, 0.6) is 0 Å². The van der Waals surface area contributed by atoms with E-state index < -0.39 is 0 Å². The van der Waals surface area contributed by atoms with Crippen molar-refractivity contribution in [1.82, 2.24) is 0 Å². The van der Waals surface area contributed by atoms with Crippen LogP contribution >= 0.6 is 0 Å². The molecule has 0 radical (unpaired) electrons. The Bertz CT molecular complexity index is 580. The van der Waals surface area contributed by atoms with E-state index in [1.807, 2.05) is 0 Å². The molecule has 0 aromatic heterocycles. The highest BCUT2D eigenvalue weighted by atomic mass is 14.9. The van der Waals surface area contributed by atoms with Gasteiger partial charge in [-0.05, 0) is 55.4 Å². The maximum absolute atomic E-state index is 3.69. The molecule has 1 aliphatic rings. The Labute approximate surface area is 122 Å². The largest absolute Gasteiger partial charge is 0.384 e. The maximum atomic E-state index is 3.69. The molecule has 3 rings (SSSR count). The summed E-state index contributed by atoms with van der Waals surface area (Å²) in [5, 5.41) is 3.69. The molecule has 104 valence electrons. The summed E-state index contributed by atoms with van der Waals surface area (Å²) in [6, 6.07) is 15.4. The summed E-state index contributed by atoms with van der Waals surface area (Å²) >= 11 is 0. The fraction of sp³-hybridized carbons (Fsp3) is 0.368. The van der Waals surface area contributed by atoms with Gasteiger partial charge in [-0.15, -0.1) is 0 Å². The third-order valence-corrected chi connectivity index (χ3v) is 4.50. The summed E-state index contributed by atoms with van der Waals surface area (Å²) < 4.78 is 0. The lowest BCUT2D eigenvalue weighted by atomic mass is 9.83. The predicted octanol–water partition coefficient (Wildman–Crippen LogP) is 4.84. The van der Waals surface area contributed by atoms with Crippen LogP contribution in [0.3, 0.4) is 0 Å². The van der Waals surface area contributed by atoms with Crippen molar-refractivity contribution in [1.29, 1.82) is 0 Å². The van der Waals surface area contributed by atoms with Crippen LogP contribution in [-0.4, -0.2) is 6.54 Å². The van der Waals surface area contributed by atoms with Crippen LogP contribution in [0.4, 0.5) is 5.69 Å². The lowest BCUT2D eigenvalue weighted by Gasteiger charge is -2.26. The number of anilines is 1. The molecule has 0 bridgehead atoms. The maximum Gasteiger partial charge on any atom is 0.0399 e. The second-order valence-corrected chi connectivity index (χ2v) is 5.94. The number of nitrogens with one attached hydrogen (secondary N) is 1. The van der Waals surface area contributed by atoms with E-state index in [1.54, 1.807) is 11.1 Å². The molecule has 0 spiro atoms. The van der Waals surface area contributed by atoms with E-state index in [4.69, 9.17) is 0 Å². The van der Waals surface area contributed by atoms with Crippen LogP contribution in [0.15, 0.2) is 42.5 Å². The number of hydrogen-bond acceptors (Lipinski definition) is 1. The van der Waals surface area contributed by atoms with Gasteiger partial charge in [-0.3, -0.25) is 0 Å². The van der Waals surface area contributed by atoms with Crippen LogP contribution in [0, 0.1) is 13.8 Å². The zero-order chi connectivity index (χ0) is 13.9. The minimum absolute atomic E-state index is 0.652. The second kappa shape index (κ2) is 5.70. The van der Waals surface area contributed by atoms with E-state index in [-0.39, 0.29) is 0 Å². The first kappa shape index (κ1) is 13.2. The first-order valence-electron chi connectivity index (χ1n) is 7.63. The van der Waals surface area contributed by atoms with Crippen molar-refractivity contribution >= 4 is 5.69 Å². The first-order valence-corrected chi connectivity index (χ1v) is 7.63. The van der Waals surface area contributed by atoms with Gasteiger partial charge in [-0.2, -0.15) is 0 Å². The molecule has 0 fully saturated rings. The molecular weight excluding hydrogens is 242 g/mol. The fourth-order valence-electron chi connectivity index (χ4n) is 3.39. The van der Waals surface area contributed by atoms with Crippen LogP contribution in [0.25, 0.3) is 0 Å². The molecule has 1 atom stereocenters. The molecule has 0 saturated carbocycles. The molecule has 1 aliphatic carbocycles. The van der Waals surface area contributed by atoms with Crippen molar-refractivity contribution in [2.75, 3.05) is 11.9 Å². The van der Waals surface area contributed by atoms with Crippen molar-refractivity contribution in [3.8, 4) is 0 Å². The van der Waals surface area contributed by atoms with Gasteiger partial charge >= 0.3 is 0 Å². The smallest absolute Gasteiger partial charge is 0.0399 e. The highest BCUT2D eigenvalue weighted by Crippen LogP contribution is 2.32. The van der Waals surface area contributed by atoms with Gasteiger partial charge in [0, 0.05) is 18.2 Å².